The number of benzene rings is 4. The average Bonchev–Trinajstić information content (AvgIpc) is 3.18. The van der Waals surface area contributed by atoms with Crippen LogP contribution >= 0.6 is 0 Å². The van der Waals surface area contributed by atoms with Crippen molar-refractivity contribution >= 4 is 23.9 Å². The van der Waals surface area contributed by atoms with Crippen LogP contribution in [0.3, 0.4) is 0 Å². The van der Waals surface area contributed by atoms with E-state index in [1.807, 2.05) is 36.4 Å². The van der Waals surface area contributed by atoms with Gasteiger partial charge in [-0.3, -0.25) is 9.97 Å². The van der Waals surface area contributed by atoms with Gasteiger partial charge in [0.15, 0.2) is 0 Å². The van der Waals surface area contributed by atoms with Crippen LogP contribution < -0.4 is 19.7 Å². The van der Waals surface area contributed by atoms with E-state index in [0.29, 0.717) is 0 Å². The van der Waals surface area contributed by atoms with E-state index in [-0.39, 0.29) is 75.0 Å². The molecule has 6 aromatic rings. The van der Waals surface area contributed by atoms with Crippen LogP contribution in [0.15, 0.2) is 146 Å². The van der Waals surface area contributed by atoms with Crippen molar-refractivity contribution in [2.45, 2.75) is 13.2 Å². The third kappa shape index (κ3) is 14.6. The van der Waals surface area contributed by atoms with Gasteiger partial charge in [0.2, 0.25) is 0 Å². The Morgan fingerprint density at radius 1 is 0.509 bits per heavy atom. The standard InChI is InChI=1S/2C15H12O5.C10H8N2.Cu.2H2O/c2*16-14(17)11-7-5-10(6-8-11)9-20-13-4-2-1-3-12(13)15(18)19;1-3-7-11-9(5-1)10-6-2-4-8-12-10;;;/h2*1-8H,9H2,(H,16,17)(H,18,19);1-8H;;2*1H2/q;;;+2;;/p-1. The van der Waals surface area contributed by atoms with E-state index in [9.17, 15) is 29.4 Å². The molecule has 2 aromatic heterocycles. The number of carbonyl (C=O) groups excluding carboxylic acids is 2. The first kappa shape index (κ1) is 46.1. The Morgan fingerprint density at radius 2 is 0.909 bits per heavy atom. The number of carbonyl (C=O) groups is 4. The molecule has 0 atom stereocenters. The molecule has 4 aromatic carbocycles. The number of hydrogen-bond acceptors (Lipinski definition) is 10. The molecule has 0 spiro atoms. The molecule has 15 heteroatoms. The molecule has 0 saturated heterocycles. The largest absolute Gasteiger partial charge is 2.00 e. The number of rotatable bonds is 11. The van der Waals surface area contributed by atoms with Gasteiger partial charge in [0.05, 0.1) is 28.9 Å². The molecule has 0 aliphatic carbocycles. The number of aromatic carboxylic acids is 4. The first-order chi connectivity index (χ1) is 25.1. The normalized spacial score (nSPS) is 9.38. The zero-order valence-corrected chi connectivity index (χ0v) is 29.6. The predicted octanol–water partition coefficient (Wildman–Crippen LogP) is 3.05. The maximum absolute atomic E-state index is 11.0. The van der Waals surface area contributed by atoms with Crippen LogP contribution in [0.2, 0.25) is 0 Å². The number of ether oxygens (including phenoxy) is 2. The number of para-hydroxylation sites is 2. The van der Waals surface area contributed by atoms with Crippen LogP contribution in [-0.4, -0.2) is 49.5 Å². The Labute approximate surface area is 325 Å². The van der Waals surface area contributed by atoms with Gasteiger partial charge in [0.1, 0.15) is 30.3 Å². The Balaban J connectivity index is 0.000000413. The minimum atomic E-state index is -1.30. The fraction of sp³-hybridized carbons (Fsp3) is 0.0500. The second kappa shape index (κ2) is 23.6. The van der Waals surface area contributed by atoms with E-state index in [4.69, 9.17) is 19.7 Å². The molecule has 55 heavy (non-hydrogen) atoms. The minimum Gasteiger partial charge on any atom is -0.545 e. The molecule has 0 bridgehead atoms. The third-order valence-electron chi connectivity index (χ3n) is 7.00. The van der Waals surface area contributed by atoms with Crippen LogP contribution in [-0.2, 0) is 35.8 Å². The second-order valence-corrected chi connectivity index (χ2v) is 10.6. The van der Waals surface area contributed by atoms with Gasteiger partial charge in [-0.1, -0.05) is 72.8 Å². The van der Waals surface area contributed by atoms with E-state index < -0.39 is 23.9 Å². The molecule has 287 valence electrons. The number of hydrogen-bond donors (Lipinski definition) is 2. The molecule has 2 heterocycles. The van der Waals surface area contributed by atoms with Crippen molar-refractivity contribution in [1.82, 2.24) is 9.97 Å². The fourth-order valence-electron chi connectivity index (χ4n) is 4.36. The molecule has 0 aliphatic heterocycles. The predicted molar refractivity (Wildman–Crippen MR) is 193 cm³/mol. The fourth-order valence-corrected chi connectivity index (χ4v) is 4.36. The van der Waals surface area contributed by atoms with Crippen LogP contribution in [0.25, 0.3) is 11.4 Å². The summed E-state index contributed by atoms with van der Waals surface area (Å²) in [6.45, 7) is 0.293. The topological polar surface area (TPSA) is 264 Å². The molecular formula is C40H35CuN2O12+. The van der Waals surface area contributed by atoms with Crippen molar-refractivity contribution in [3.05, 3.63) is 179 Å². The first-order valence-corrected chi connectivity index (χ1v) is 15.5. The zero-order chi connectivity index (χ0) is 37.3. The summed E-state index contributed by atoms with van der Waals surface area (Å²) >= 11 is 0. The van der Waals surface area contributed by atoms with Crippen LogP contribution in [0, 0.1) is 0 Å². The van der Waals surface area contributed by atoms with Gasteiger partial charge in [-0.15, -0.1) is 0 Å². The van der Waals surface area contributed by atoms with Gasteiger partial charge >= 0.3 is 29.0 Å². The molecule has 6 rings (SSSR count). The van der Waals surface area contributed by atoms with E-state index >= 15 is 0 Å². The van der Waals surface area contributed by atoms with Crippen molar-refractivity contribution in [1.29, 1.82) is 0 Å². The van der Waals surface area contributed by atoms with Gasteiger partial charge in [0.25, 0.3) is 0 Å². The molecule has 0 fully saturated rings. The van der Waals surface area contributed by atoms with E-state index in [1.165, 1.54) is 42.5 Å². The van der Waals surface area contributed by atoms with Gasteiger partial charge in [0, 0.05) is 18.0 Å². The smallest absolute Gasteiger partial charge is 0.545 e. The summed E-state index contributed by atoms with van der Waals surface area (Å²) in [5.74, 6) is -4.12. The SMILES string of the molecule is O.O=C(O)c1ccc(COc2ccccc2C(=O)[O-])cc1.O=C([O-])c1ccc(COc2ccccc2C(=O)O)cc1.[Cu+2].[OH3+].c1ccc(-c2ccccn2)nc1. The summed E-state index contributed by atoms with van der Waals surface area (Å²) < 4.78 is 10.9. The van der Waals surface area contributed by atoms with Crippen LogP contribution in [0.1, 0.15) is 52.6 Å². The number of nitrogens with zero attached hydrogens (tertiary/aromatic N) is 2. The summed E-state index contributed by atoms with van der Waals surface area (Å²) in [6, 6.07) is 36.3. The number of pyridine rings is 2. The quantitative estimate of drug-likeness (QED) is 0.142. The molecule has 0 aliphatic rings. The first-order valence-electron chi connectivity index (χ1n) is 15.5. The Morgan fingerprint density at radius 3 is 1.29 bits per heavy atom. The van der Waals surface area contributed by atoms with Crippen molar-refractivity contribution in [2.24, 2.45) is 0 Å². The molecule has 0 unspecified atom stereocenters. The monoisotopic (exact) mass is 798 g/mol. The Kier molecular flexibility index (Phi) is 19.8. The molecular weight excluding hydrogens is 764 g/mol. The summed E-state index contributed by atoms with van der Waals surface area (Å²) in [7, 11) is 0. The zero-order valence-electron chi connectivity index (χ0n) is 28.7. The number of carboxylic acid groups (broad SMARTS) is 4. The number of carboxylic acids is 4. The van der Waals surface area contributed by atoms with Crippen molar-refractivity contribution in [3.63, 3.8) is 0 Å². The molecule has 7 N–H and O–H groups in total. The van der Waals surface area contributed by atoms with E-state index in [1.54, 1.807) is 67.0 Å². The molecule has 0 saturated carbocycles. The Hall–Kier alpha value is -6.90. The van der Waals surface area contributed by atoms with Crippen molar-refractivity contribution in [3.8, 4) is 22.9 Å². The van der Waals surface area contributed by atoms with E-state index in [2.05, 4.69) is 9.97 Å². The Bertz CT molecular complexity index is 1950. The average molecular weight is 799 g/mol. The minimum absolute atomic E-state index is 0. The van der Waals surface area contributed by atoms with Crippen LogP contribution in [0.5, 0.6) is 11.5 Å². The third-order valence-corrected chi connectivity index (χ3v) is 7.00. The summed E-state index contributed by atoms with van der Waals surface area (Å²) in [4.78, 5) is 51.6. The molecule has 0 amide bonds. The maximum atomic E-state index is 11.0. The summed E-state index contributed by atoms with van der Waals surface area (Å²) in [6.07, 6.45) is 3.54. The summed E-state index contributed by atoms with van der Waals surface area (Å²) in [5.41, 5.74) is 3.63. The summed E-state index contributed by atoms with van der Waals surface area (Å²) in [5, 5.41) is 39.3. The van der Waals surface area contributed by atoms with Gasteiger partial charge < -0.3 is 50.4 Å². The second-order valence-electron chi connectivity index (χ2n) is 10.6. The van der Waals surface area contributed by atoms with Gasteiger partial charge in [-0.25, -0.2) is 9.59 Å². The van der Waals surface area contributed by atoms with E-state index in [0.717, 1.165) is 22.5 Å². The van der Waals surface area contributed by atoms with Crippen LogP contribution in [0.4, 0.5) is 0 Å². The van der Waals surface area contributed by atoms with Gasteiger partial charge in [-0.2, -0.15) is 0 Å². The molecule has 14 nitrogen and oxygen atoms in total. The maximum Gasteiger partial charge on any atom is 2.00 e. The number of aromatic nitrogens is 2. The molecule has 1 radical (unpaired) electrons. The van der Waals surface area contributed by atoms with Crippen molar-refractivity contribution < 1.29 is 77.1 Å². The van der Waals surface area contributed by atoms with Gasteiger partial charge in [-0.05, 0) is 77.4 Å². The van der Waals surface area contributed by atoms with Crippen molar-refractivity contribution in [2.75, 3.05) is 0 Å².